The van der Waals surface area contributed by atoms with Gasteiger partial charge in [-0.25, -0.2) is 13.6 Å². The van der Waals surface area contributed by atoms with Gasteiger partial charge in [0.25, 0.3) is 5.91 Å². The molecule has 0 saturated carbocycles. The minimum atomic E-state index is -3.84. The molecule has 122 valence electrons. The maximum atomic E-state index is 12.4. The maximum Gasteiger partial charge on any atom is 0.257 e. The molecular weight excluding hydrogens is 356 g/mol. The van der Waals surface area contributed by atoms with E-state index in [1.165, 1.54) is 23.9 Å². The number of carbonyl (C=O) groups is 1. The lowest BCUT2D eigenvalue weighted by Gasteiger charge is -2.11. The van der Waals surface area contributed by atoms with E-state index in [9.17, 15) is 13.2 Å². The van der Waals surface area contributed by atoms with E-state index in [1.54, 1.807) is 25.1 Å². The third-order valence-electron chi connectivity index (χ3n) is 3.20. The number of anilines is 1. The molecule has 5 nitrogen and oxygen atoms in total. The van der Waals surface area contributed by atoms with Crippen molar-refractivity contribution in [2.24, 2.45) is 5.14 Å². The number of thioether (sulfide) groups is 1. The highest BCUT2D eigenvalue weighted by Crippen LogP contribution is 2.25. The number of nitrogens with one attached hydrogen (secondary N) is 1. The first-order valence-electron chi connectivity index (χ1n) is 6.50. The molecule has 0 saturated heterocycles. The van der Waals surface area contributed by atoms with Gasteiger partial charge in [0.2, 0.25) is 10.0 Å². The second kappa shape index (κ2) is 6.92. The summed E-state index contributed by atoms with van der Waals surface area (Å²) in [7, 11) is -3.84. The summed E-state index contributed by atoms with van der Waals surface area (Å²) in [4.78, 5) is 13.3. The van der Waals surface area contributed by atoms with Gasteiger partial charge < -0.3 is 5.32 Å². The summed E-state index contributed by atoms with van der Waals surface area (Å²) >= 11 is 7.56. The summed E-state index contributed by atoms with van der Waals surface area (Å²) in [6, 6.07) is 9.44. The molecule has 1 amide bonds. The van der Waals surface area contributed by atoms with Crippen molar-refractivity contribution in [3.8, 4) is 0 Å². The predicted molar refractivity (Wildman–Crippen MR) is 93.7 cm³/mol. The largest absolute Gasteiger partial charge is 0.322 e. The van der Waals surface area contributed by atoms with Gasteiger partial charge in [-0.2, -0.15) is 0 Å². The van der Waals surface area contributed by atoms with Crippen LogP contribution in [0.15, 0.2) is 46.2 Å². The number of sulfonamides is 1. The van der Waals surface area contributed by atoms with E-state index in [-0.39, 0.29) is 4.90 Å². The molecule has 0 aromatic heterocycles. The zero-order chi connectivity index (χ0) is 17.2. The van der Waals surface area contributed by atoms with Crippen LogP contribution in [0, 0.1) is 6.92 Å². The Bertz CT molecular complexity index is 867. The Morgan fingerprint density at radius 2 is 1.91 bits per heavy atom. The average molecular weight is 371 g/mol. The molecule has 0 aliphatic rings. The third-order valence-corrected chi connectivity index (χ3v) is 5.17. The van der Waals surface area contributed by atoms with Crippen LogP contribution in [0.3, 0.4) is 0 Å². The number of amides is 1. The number of rotatable bonds is 4. The van der Waals surface area contributed by atoms with E-state index in [0.717, 1.165) is 4.90 Å². The Morgan fingerprint density at radius 3 is 2.52 bits per heavy atom. The minimum absolute atomic E-state index is 0.0673. The van der Waals surface area contributed by atoms with Crippen molar-refractivity contribution in [2.75, 3.05) is 11.6 Å². The van der Waals surface area contributed by atoms with Crippen molar-refractivity contribution in [1.29, 1.82) is 0 Å². The molecule has 0 heterocycles. The number of aryl methyl sites for hydroxylation is 1. The molecule has 0 aliphatic heterocycles. The van der Waals surface area contributed by atoms with Crippen molar-refractivity contribution >= 4 is 45.0 Å². The number of benzene rings is 2. The van der Waals surface area contributed by atoms with E-state index < -0.39 is 15.9 Å². The fraction of sp³-hybridized carbons (Fsp3) is 0.133. The lowest BCUT2D eigenvalue weighted by atomic mass is 10.1. The van der Waals surface area contributed by atoms with Gasteiger partial charge >= 0.3 is 0 Å². The molecular formula is C15H15ClN2O3S2. The molecule has 0 spiro atoms. The normalized spacial score (nSPS) is 11.3. The molecule has 0 fully saturated rings. The molecule has 0 bridgehead atoms. The zero-order valence-corrected chi connectivity index (χ0v) is 14.8. The summed E-state index contributed by atoms with van der Waals surface area (Å²) in [6.45, 7) is 1.75. The van der Waals surface area contributed by atoms with Crippen LogP contribution >= 0.6 is 23.4 Å². The highest BCUT2D eigenvalue weighted by atomic mass is 35.5. The van der Waals surface area contributed by atoms with Gasteiger partial charge in [-0.05, 0) is 49.1 Å². The number of hydrogen-bond donors (Lipinski definition) is 2. The minimum Gasteiger partial charge on any atom is -0.322 e. The SMILES string of the molecule is CSc1ccc(Cl)c(C(=O)Nc2cc(S(N)(=O)=O)ccc2C)c1. The lowest BCUT2D eigenvalue weighted by Crippen LogP contribution is -2.16. The van der Waals surface area contributed by atoms with E-state index in [1.807, 2.05) is 12.3 Å². The third kappa shape index (κ3) is 4.26. The number of hydrogen-bond acceptors (Lipinski definition) is 4. The highest BCUT2D eigenvalue weighted by molar-refractivity contribution is 7.98. The second-order valence-corrected chi connectivity index (χ2v) is 7.67. The smallest absolute Gasteiger partial charge is 0.257 e. The molecule has 3 N–H and O–H groups in total. The molecule has 0 unspecified atom stereocenters. The fourth-order valence-electron chi connectivity index (χ4n) is 1.91. The van der Waals surface area contributed by atoms with E-state index in [4.69, 9.17) is 16.7 Å². The molecule has 8 heteroatoms. The summed E-state index contributed by atoms with van der Waals surface area (Å²) < 4.78 is 22.9. The van der Waals surface area contributed by atoms with Crippen LogP contribution in [0.1, 0.15) is 15.9 Å². The number of halogens is 1. The Labute approximate surface area is 144 Å². The van der Waals surface area contributed by atoms with Crippen LogP contribution in [0.25, 0.3) is 0 Å². The molecule has 0 atom stereocenters. The van der Waals surface area contributed by atoms with Crippen LogP contribution in [0.4, 0.5) is 5.69 Å². The van der Waals surface area contributed by atoms with E-state index in [0.29, 0.717) is 21.8 Å². The van der Waals surface area contributed by atoms with Crippen LogP contribution in [0.2, 0.25) is 5.02 Å². The van der Waals surface area contributed by atoms with Gasteiger partial charge in [0.05, 0.1) is 15.5 Å². The lowest BCUT2D eigenvalue weighted by molar-refractivity contribution is 0.102. The standard InChI is InChI=1S/C15H15ClN2O3S2/c1-9-3-5-11(23(17,20)21)8-14(9)18-15(19)12-7-10(22-2)4-6-13(12)16/h3-8H,1-2H3,(H,18,19)(H2,17,20,21). The van der Waals surface area contributed by atoms with Gasteiger partial charge in [0.15, 0.2) is 0 Å². The average Bonchev–Trinajstić information content (AvgIpc) is 2.48. The van der Waals surface area contributed by atoms with Crippen LogP contribution in [0.5, 0.6) is 0 Å². The summed E-state index contributed by atoms with van der Waals surface area (Å²) in [6.07, 6.45) is 1.89. The van der Waals surface area contributed by atoms with Crippen LogP contribution < -0.4 is 10.5 Å². The van der Waals surface area contributed by atoms with Crippen molar-refractivity contribution < 1.29 is 13.2 Å². The Hall–Kier alpha value is -1.54. The first-order chi connectivity index (χ1) is 10.7. The van der Waals surface area contributed by atoms with Crippen molar-refractivity contribution in [2.45, 2.75) is 16.7 Å². The first-order valence-corrected chi connectivity index (χ1v) is 9.65. The maximum absolute atomic E-state index is 12.4. The number of nitrogens with two attached hydrogens (primary N) is 1. The summed E-state index contributed by atoms with van der Waals surface area (Å²) in [5, 5.41) is 8.11. The highest BCUT2D eigenvalue weighted by Gasteiger charge is 2.15. The molecule has 2 rings (SSSR count). The fourth-order valence-corrected chi connectivity index (χ4v) is 3.09. The quantitative estimate of drug-likeness (QED) is 0.808. The summed E-state index contributed by atoms with van der Waals surface area (Å²) in [5.74, 6) is -0.416. The number of carbonyl (C=O) groups excluding carboxylic acids is 1. The zero-order valence-electron chi connectivity index (χ0n) is 12.5. The van der Waals surface area contributed by atoms with Gasteiger partial charge in [0, 0.05) is 10.6 Å². The molecule has 2 aromatic rings. The molecule has 23 heavy (non-hydrogen) atoms. The predicted octanol–water partition coefficient (Wildman–Crippen LogP) is 3.27. The number of primary sulfonamides is 1. The molecule has 2 aromatic carbocycles. The molecule has 0 aliphatic carbocycles. The topological polar surface area (TPSA) is 89.3 Å². The second-order valence-electron chi connectivity index (χ2n) is 4.82. The first kappa shape index (κ1) is 17.8. The van der Waals surface area contributed by atoms with Crippen LogP contribution in [-0.4, -0.2) is 20.6 Å². The van der Waals surface area contributed by atoms with Gasteiger partial charge in [0.1, 0.15) is 0 Å². The van der Waals surface area contributed by atoms with Crippen molar-refractivity contribution in [3.63, 3.8) is 0 Å². The summed E-state index contributed by atoms with van der Waals surface area (Å²) in [5.41, 5.74) is 1.40. The van der Waals surface area contributed by atoms with Crippen molar-refractivity contribution in [1.82, 2.24) is 0 Å². The Morgan fingerprint density at radius 1 is 1.22 bits per heavy atom. The van der Waals surface area contributed by atoms with Gasteiger partial charge in [-0.1, -0.05) is 17.7 Å². The van der Waals surface area contributed by atoms with E-state index >= 15 is 0 Å². The molecule has 0 radical (unpaired) electrons. The van der Waals surface area contributed by atoms with Crippen molar-refractivity contribution in [3.05, 3.63) is 52.5 Å². The Balaban J connectivity index is 2.37. The van der Waals surface area contributed by atoms with E-state index in [2.05, 4.69) is 5.32 Å². The van der Waals surface area contributed by atoms with Gasteiger partial charge in [-0.3, -0.25) is 4.79 Å². The van der Waals surface area contributed by atoms with Gasteiger partial charge in [-0.15, -0.1) is 11.8 Å². The van der Waals surface area contributed by atoms with Crippen LogP contribution in [-0.2, 0) is 10.0 Å². The Kier molecular flexibility index (Phi) is 5.36. The monoisotopic (exact) mass is 370 g/mol.